The van der Waals surface area contributed by atoms with Gasteiger partial charge < -0.3 is 15.0 Å². The molecule has 0 bridgehead atoms. The number of carbonyl (C=O) groups is 1. The van der Waals surface area contributed by atoms with Gasteiger partial charge in [-0.25, -0.2) is 4.79 Å². The van der Waals surface area contributed by atoms with Crippen molar-refractivity contribution in [3.05, 3.63) is 35.9 Å². The predicted octanol–water partition coefficient (Wildman–Crippen LogP) is 2.68. The number of hydrogen-bond acceptors (Lipinski definition) is 3. The molecule has 0 aromatic heterocycles. The van der Waals surface area contributed by atoms with Crippen LogP contribution in [-0.2, 0) is 11.2 Å². The molecule has 2 unspecified atom stereocenters. The van der Waals surface area contributed by atoms with E-state index in [-0.39, 0.29) is 18.2 Å². The van der Waals surface area contributed by atoms with Crippen LogP contribution in [0.25, 0.3) is 0 Å². The Bertz CT molecular complexity index is 447. The lowest BCUT2D eigenvalue weighted by Gasteiger charge is -2.41. The van der Waals surface area contributed by atoms with E-state index in [9.17, 15) is 4.79 Å². The van der Waals surface area contributed by atoms with Gasteiger partial charge >= 0.3 is 6.09 Å². The zero-order chi connectivity index (χ0) is 15.2. The number of piperazine rings is 1. The number of hydrogen-bond donors (Lipinski definition) is 1. The first-order valence-corrected chi connectivity index (χ1v) is 7.82. The minimum absolute atomic E-state index is 0.184. The van der Waals surface area contributed by atoms with E-state index in [4.69, 9.17) is 4.74 Å². The second kappa shape index (κ2) is 7.46. The molecule has 1 aliphatic heterocycles. The molecule has 0 spiro atoms. The fourth-order valence-electron chi connectivity index (χ4n) is 2.88. The van der Waals surface area contributed by atoms with Crippen molar-refractivity contribution in [2.24, 2.45) is 5.92 Å². The maximum Gasteiger partial charge on any atom is 0.410 e. The largest absolute Gasteiger partial charge is 0.450 e. The fraction of sp³-hybridized carbons (Fsp3) is 0.588. The van der Waals surface area contributed by atoms with Gasteiger partial charge in [0.2, 0.25) is 0 Å². The number of nitrogens with zero attached hydrogens (tertiary/aromatic N) is 1. The van der Waals surface area contributed by atoms with E-state index >= 15 is 0 Å². The van der Waals surface area contributed by atoms with Gasteiger partial charge in [0, 0.05) is 25.2 Å². The van der Waals surface area contributed by atoms with Crippen LogP contribution in [0.5, 0.6) is 0 Å². The molecule has 1 heterocycles. The van der Waals surface area contributed by atoms with Crippen LogP contribution in [0.1, 0.15) is 26.3 Å². The molecule has 1 amide bonds. The molecule has 2 rings (SSSR count). The minimum atomic E-state index is -0.184. The van der Waals surface area contributed by atoms with Crippen molar-refractivity contribution in [2.45, 2.75) is 39.3 Å². The Hall–Kier alpha value is -1.55. The Morgan fingerprint density at radius 3 is 2.71 bits per heavy atom. The first-order valence-electron chi connectivity index (χ1n) is 7.82. The maximum atomic E-state index is 12.2. The second-order valence-corrected chi connectivity index (χ2v) is 5.96. The Morgan fingerprint density at radius 2 is 2.10 bits per heavy atom. The summed E-state index contributed by atoms with van der Waals surface area (Å²) in [6.07, 6.45) is 0.748. The van der Waals surface area contributed by atoms with E-state index in [1.54, 1.807) is 0 Å². The molecular formula is C17H26N2O2. The van der Waals surface area contributed by atoms with Crippen molar-refractivity contribution in [2.75, 3.05) is 19.7 Å². The third-order valence-electron chi connectivity index (χ3n) is 4.03. The zero-order valence-electron chi connectivity index (χ0n) is 13.2. The molecule has 1 fully saturated rings. The first-order chi connectivity index (χ1) is 10.1. The molecule has 2 atom stereocenters. The highest BCUT2D eigenvalue weighted by Crippen LogP contribution is 2.18. The van der Waals surface area contributed by atoms with Gasteiger partial charge in [-0.2, -0.15) is 0 Å². The average molecular weight is 290 g/mol. The Balaban J connectivity index is 2.02. The lowest BCUT2D eigenvalue weighted by molar-refractivity contribution is 0.0582. The summed E-state index contributed by atoms with van der Waals surface area (Å²) in [5.41, 5.74) is 1.29. The molecule has 1 N–H and O–H groups in total. The number of benzene rings is 1. The third-order valence-corrected chi connectivity index (χ3v) is 4.03. The van der Waals surface area contributed by atoms with Gasteiger partial charge in [0.05, 0.1) is 6.61 Å². The third kappa shape index (κ3) is 4.21. The van der Waals surface area contributed by atoms with E-state index < -0.39 is 0 Å². The summed E-state index contributed by atoms with van der Waals surface area (Å²) in [6.45, 7) is 8.11. The monoisotopic (exact) mass is 290 g/mol. The topological polar surface area (TPSA) is 41.6 Å². The van der Waals surface area contributed by atoms with Gasteiger partial charge in [0.1, 0.15) is 0 Å². The summed E-state index contributed by atoms with van der Waals surface area (Å²) in [7, 11) is 0. The lowest BCUT2D eigenvalue weighted by Crippen LogP contribution is -2.60. The lowest BCUT2D eigenvalue weighted by atomic mass is 9.96. The summed E-state index contributed by atoms with van der Waals surface area (Å²) >= 11 is 0. The summed E-state index contributed by atoms with van der Waals surface area (Å²) in [5, 5.41) is 3.58. The highest BCUT2D eigenvalue weighted by Gasteiger charge is 2.33. The SMILES string of the molecule is CCOC(=O)N1CC(Cc2ccccc2)NCC1C(C)C. The summed E-state index contributed by atoms with van der Waals surface area (Å²) in [4.78, 5) is 14.1. The Morgan fingerprint density at radius 1 is 1.38 bits per heavy atom. The molecule has 1 aromatic carbocycles. The van der Waals surface area contributed by atoms with Crippen molar-refractivity contribution in [1.82, 2.24) is 10.2 Å². The number of nitrogens with one attached hydrogen (secondary N) is 1. The van der Waals surface area contributed by atoms with Crippen LogP contribution in [0.4, 0.5) is 4.79 Å². The number of ether oxygens (including phenoxy) is 1. The fourth-order valence-corrected chi connectivity index (χ4v) is 2.88. The highest BCUT2D eigenvalue weighted by molar-refractivity contribution is 5.68. The molecule has 1 aromatic rings. The van der Waals surface area contributed by atoms with Crippen molar-refractivity contribution >= 4 is 6.09 Å². The molecule has 4 heteroatoms. The average Bonchev–Trinajstić information content (AvgIpc) is 2.48. The molecule has 21 heavy (non-hydrogen) atoms. The smallest absolute Gasteiger partial charge is 0.410 e. The van der Waals surface area contributed by atoms with Crippen LogP contribution in [0, 0.1) is 5.92 Å². The van der Waals surface area contributed by atoms with Gasteiger partial charge in [-0.3, -0.25) is 0 Å². The second-order valence-electron chi connectivity index (χ2n) is 5.96. The minimum Gasteiger partial charge on any atom is -0.450 e. The zero-order valence-corrected chi connectivity index (χ0v) is 13.2. The highest BCUT2D eigenvalue weighted by atomic mass is 16.6. The molecule has 0 radical (unpaired) electrons. The molecule has 116 valence electrons. The van der Waals surface area contributed by atoms with Crippen molar-refractivity contribution in [3.63, 3.8) is 0 Å². The normalized spacial score (nSPS) is 22.4. The standard InChI is InChI=1S/C17H26N2O2/c1-4-21-17(20)19-12-15(18-11-16(19)13(2)3)10-14-8-6-5-7-9-14/h5-9,13,15-16,18H,4,10-12H2,1-3H3. The van der Waals surface area contributed by atoms with Gasteiger partial charge in [-0.1, -0.05) is 44.2 Å². The van der Waals surface area contributed by atoms with Crippen LogP contribution in [0.15, 0.2) is 30.3 Å². The molecular weight excluding hydrogens is 264 g/mol. The summed E-state index contributed by atoms with van der Waals surface area (Å²) in [6, 6.07) is 10.9. The summed E-state index contributed by atoms with van der Waals surface area (Å²) in [5.74, 6) is 0.416. The van der Waals surface area contributed by atoms with Gasteiger partial charge in [-0.15, -0.1) is 0 Å². The Labute approximate surface area is 127 Å². The van der Waals surface area contributed by atoms with Crippen LogP contribution < -0.4 is 5.32 Å². The predicted molar refractivity (Wildman–Crippen MR) is 84.3 cm³/mol. The van der Waals surface area contributed by atoms with Crippen LogP contribution in [0.3, 0.4) is 0 Å². The maximum absolute atomic E-state index is 12.2. The molecule has 0 saturated carbocycles. The number of carbonyl (C=O) groups excluding carboxylic acids is 1. The molecule has 0 aliphatic carbocycles. The van der Waals surface area contributed by atoms with Crippen LogP contribution in [0.2, 0.25) is 0 Å². The summed E-state index contributed by atoms with van der Waals surface area (Å²) < 4.78 is 5.22. The van der Waals surface area contributed by atoms with E-state index in [2.05, 4.69) is 43.4 Å². The number of amides is 1. The van der Waals surface area contributed by atoms with E-state index in [1.807, 2.05) is 17.9 Å². The van der Waals surface area contributed by atoms with E-state index in [1.165, 1.54) is 5.56 Å². The van der Waals surface area contributed by atoms with E-state index in [0.29, 0.717) is 19.1 Å². The first kappa shape index (κ1) is 15.8. The van der Waals surface area contributed by atoms with Crippen LogP contribution >= 0.6 is 0 Å². The van der Waals surface area contributed by atoms with Crippen LogP contribution in [-0.4, -0.2) is 42.8 Å². The van der Waals surface area contributed by atoms with Crippen molar-refractivity contribution in [1.29, 1.82) is 0 Å². The van der Waals surface area contributed by atoms with Crippen molar-refractivity contribution in [3.8, 4) is 0 Å². The number of rotatable bonds is 4. The molecule has 4 nitrogen and oxygen atoms in total. The van der Waals surface area contributed by atoms with E-state index in [0.717, 1.165) is 13.0 Å². The molecule has 1 aliphatic rings. The van der Waals surface area contributed by atoms with Gasteiger partial charge in [-0.05, 0) is 24.8 Å². The quantitative estimate of drug-likeness (QED) is 0.927. The van der Waals surface area contributed by atoms with Crippen molar-refractivity contribution < 1.29 is 9.53 Å². The molecule has 1 saturated heterocycles. The van der Waals surface area contributed by atoms with Gasteiger partial charge in [0.15, 0.2) is 0 Å². The Kier molecular flexibility index (Phi) is 5.62. The van der Waals surface area contributed by atoms with Gasteiger partial charge in [0.25, 0.3) is 0 Å².